The molecule has 0 saturated carbocycles. The zero-order valence-electron chi connectivity index (χ0n) is 13.8. The summed E-state index contributed by atoms with van der Waals surface area (Å²) in [6.45, 7) is 9.39. The molecule has 2 heterocycles. The van der Waals surface area contributed by atoms with E-state index >= 15 is 0 Å². The van der Waals surface area contributed by atoms with Crippen molar-refractivity contribution in [3.63, 3.8) is 0 Å². The van der Waals surface area contributed by atoms with Gasteiger partial charge in [-0.05, 0) is 34.6 Å². The van der Waals surface area contributed by atoms with E-state index < -0.39 is 6.04 Å². The summed E-state index contributed by atoms with van der Waals surface area (Å²) in [6.07, 6.45) is 1.92. The Balaban J connectivity index is 2.14. The molecule has 0 saturated heterocycles. The van der Waals surface area contributed by atoms with Crippen LogP contribution < -0.4 is 5.32 Å². The lowest BCUT2D eigenvalue weighted by molar-refractivity contribution is -0.124. The topological polar surface area (TPSA) is 64.7 Å². The highest BCUT2D eigenvalue weighted by Crippen LogP contribution is 2.23. The first-order chi connectivity index (χ1) is 10.2. The van der Waals surface area contributed by atoms with Gasteiger partial charge in [0, 0.05) is 18.8 Å². The van der Waals surface area contributed by atoms with Gasteiger partial charge in [-0.15, -0.1) is 0 Å². The number of aromatic nitrogens is 4. The zero-order valence-corrected chi connectivity index (χ0v) is 14.6. The van der Waals surface area contributed by atoms with E-state index in [0.717, 1.165) is 22.6 Å². The lowest BCUT2D eigenvalue weighted by Crippen LogP contribution is -2.34. The molecule has 2 aromatic heterocycles. The molecule has 22 heavy (non-hydrogen) atoms. The van der Waals surface area contributed by atoms with Gasteiger partial charge in [-0.1, -0.05) is 11.6 Å². The highest BCUT2D eigenvalue weighted by Gasteiger charge is 2.23. The van der Waals surface area contributed by atoms with Crippen LogP contribution in [0.15, 0.2) is 6.20 Å². The molecule has 0 fully saturated rings. The Bertz CT molecular complexity index is 703. The number of hydrogen-bond acceptors (Lipinski definition) is 3. The Morgan fingerprint density at radius 3 is 2.32 bits per heavy atom. The van der Waals surface area contributed by atoms with Gasteiger partial charge in [0.1, 0.15) is 6.04 Å². The van der Waals surface area contributed by atoms with Gasteiger partial charge >= 0.3 is 0 Å². The second-order valence-electron chi connectivity index (χ2n) is 5.68. The molecule has 7 heteroatoms. The Morgan fingerprint density at radius 2 is 1.86 bits per heavy atom. The van der Waals surface area contributed by atoms with Crippen molar-refractivity contribution in [3.8, 4) is 0 Å². The van der Waals surface area contributed by atoms with E-state index in [4.69, 9.17) is 11.6 Å². The number of halogens is 1. The van der Waals surface area contributed by atoms with E-state index in [0.29, 0.717) is 5.02 Å². The van der Waals surface area contributed by atoms with Gasteiger partial charge in [0.15, 0.2) is 0 Å². The van der Waals surface area contributed by atoms with Gasteiger partial charge in [-0.2, -0.15) is 10.2 Å². The van der Waals surface area contributed by atoms with Crippen LogP contribution in [0.3, 0.4) is 0 Å². The summed E-state index contributed by atoms with van der Waals surface area (Å²) in [5, 5.41) is 12.3. The Hall–Kier alpha value is -1.82. The van der Waals surface area contributed by atoms with E-state index in [1.54, 1.807) is 9.36 Å². The minimum absolute atomic E-state index is 0.0991. The zero-order chi connectivity index (χ0) is 16.6. The Labute approximate surface area is 135 Å². The number of aryl methyl sites for hydroxylation is 3. The predicted molar refractivity (Wildman–Crippen MR) is 85.9 cm³/mol. The summed E-state index contributed by atoms with van der Waals surface area (Å²) in [4.78, 5) is 12.5. The fourth-order valence-corrected chi connectivity index (χ4v) is 2.71. The lowest BCUT2D eigenvalue weighted by atomic mass is 10.1. The SMILES string of the molecule is Cc1nn(C)cc1C(C)NC(=O)C(C)n1nc(C)c(Cl)c1C. The first kappa shape index (κ1) is 16.5. The Kier molecular flexibility index (Phi) is 4.60. The summed E-state index contributed by atoms with van der Waals surface area (Å²) < 4.78 is 3.41. The van der Waals surface area contributed by atoms with Crippen molar-refractivity contribution in [1.29, 1.82) is 0 Å². The summed E-state index contributed by atoms with van der Waals surface area (Å²) in [5.74, 6) is -0.0991. The van der Waals surface area contributed by atoms with Crippen LogP contribution in [0.5, 0.6) is 0 Å². The molecule has 2 unspecified atom stereocenters. The number of carbonyl (C=O) groups is 1. The molecule has 0 aliphatic carbocycles. The molecule has 2 rings (SSSR count). The van der Waals surface area contributed by atoms with Gasteiger partial charge in [-0.3, -0.25) is 14.2 Å². The van der Waals surface area contributed by atoms with E-state index in [1.807, 2.05) is 47.9 Å². The van der Waals surface area contributed by atoms with Crippen molar-refractivity contribution in [2.75, 3.05) is 0 Å². The molecule has 0 spiro atoms. The lowest BCUT2D eigenvalue weighted by Gasteiger charge is -2.18. The van der Waals surface area contributed by atoms with E-state index in [9.17, 15) is 4.79 Å². The molecule has 0 aliphatic heterocycles. The van der Waals surface area contributed by atoms with Gasteiger partial charge < -0.3 is 5.32 Å². The maximum atomic E-state index is 12.5. The standard InChI is InChI=1S/C15H22ClN5O/c1-8(13-7-20(6)18-9(13)2)17-15(22)12(5)21-11(4)14(16)10(3)19-21/h7-8,12H,1-6H3,(H,17,22). The van der Waals surface area contributed by atoms with Gasteiger partial charge in [0.05, 0.1) is 28.1 Å². The third-order valence-corrected chi connectivity index (χ3v) is 4.41. The number of rotatable bonds is 4. The van der Waals surface area contributed by atoms with Crippen LogP contribution in [0.4, 0.5) is 0 Å². The molecule has 1 amide bonds. The van der Waals surface area contributed by atoms with Gasteiger partial charge in [0.2, 0.25) is 5.91 Å². The average Bonchev–Trinajstić information content (AvgIpc) is 2.92. The van der Waals surface area contributed by atoms with E-state index in [2.05, 4.69) is 15.5 Å². The van der Waals surface area contributed by atoms with E-state index in [-0.39, 0.29) is 11.9 Å². The first-order valence-electron chi connectivity index (χ1n) is 7.24. The van der Waals surface area contributed by atoms with Crippen molar-refractivity contribution in [3.05, 3.63) is 33.9 Å². The number of carbonyl (C=O) groups excluding carboxylic acids is 1. The second kappa shape index (κ2) is 6.12. The monoisotopic (exact) mass is 323 g/mol. The smallest absolute Gasteiger partial charge is 0.245 e. The Morgan fingerprint density at radius 1 is 1.23 bits per heavy atom. The molecule has 0 aromatic carbocycles. The van der Waals surface area contributed by atoms with Crippen LogP contribution in [0, 0.1) is 20.8 Å². The second-order valence-corrected chi connectivity index (χ2v) is 6.06. The third kappa shape index (κ3) is 3.02. The van der Waals surface area contributed by atoms with Gasteiger partial charge in [-0.25, -0.2) is 0 Å². The number of nitrogens with zero attached hydrogens (tertiary/aromatic N) is 4. The summed E-state index contributed by atoms with van der Waals surface area (Å²) in [6, 6.07) is -0.540. The van der Waals surface area contributed by atoms with Crippen LogP contribution in [0.2, 0.25) is 5.02 Å². The molecule has 120 valence electrons. The molecule has 6 nitrogen and oxygen atoms in total. The molecular weight excluding hydrogens is 302 g/mol. The van der Waals surface area contributed by atoms with Crippen molar-refractivity contribution in [1.82, 2.24) is 24.9 Å². The molecule has 0 aliphatic rings. The van der Waals surface area contributed by atoms with Crippen LogP contribution in [-0.2, 0) is 11.8 Å². The maximum absolute atomic E-state index is 12.5. The van der Waals surface area contributed by atoms with Crippen molar-refractivity contribution >= 4 is 17.5 Å². The van der Waals surface area contributed by atoms with Gasteiger partial charge in [0.25, 0.3) is 0 Å². The van der Waals surface area contributed by atoms with Crippen LogP contribution >= 0.6 is 11.6 Å². The van der Waals surface area contributed by atoms with Crippen molar-refractivity contribution < 1.29 is 4.79 Å². The fraction of sp³-hybridized carbons (Fsp3) is 0.533. The van der Waals surface area contributed by atoms with Crippen LogP contribution in [-0.4, -0.2) is 25.5 Å². The minimum Gasteiger partial charge on any atom is -0.348 e. The van der Waals surface area contributed by atoms with Crippen molar-refractivity contribution in [2.24, 2.45) is 7.05 Å². The van der Waals surface area contributed by atoms with Crippen LogP contribution in [0.25, 0.3) is 0 Å². The quantitative estimate of drug-likeness (QED) is 0.940. The summed E-state index contributed by atoms with van der Waals surface area (Å²) in [7, 11) is 1.87. The summed E-state index contributed by atoms with van der Waals surface area (Å²) in [5.41, 5.74) is 3.45. The normalized spacial score (nSPS) is 14.0. The molecular formula is C15H22ClN5O. The molecule has 1 N–H and O–H groups in total. The minimum atomic E-state index is -0.425. The first-order valence-corrected chi connectivity index (χ1v) is 7.61. The molecule has 2 atom stereocenters. The number of hydrogen-bond donors (Lipinski definition) is 1. The average molecular weight is 324 g/mol. The van der Waals surface area contributed by atoms with E-state index in [1.165, 1.54) is 0 Å². The maximum Gasteiger partial charge on any atom is 0.245 e. The predicted octanol–water partition coefficient (Wildman–Crippen LogP) is 2.63. The van der Waals surface area contributed by atoms with Crippen molar-refractivity contribution in [2.45, 2.75) is 46.7 Å². The molecule has 2 aromatic rings. The highest BCUT2D eigenvalue weighted by atomic mass is 35.5. The number of amides is 1. The third-order valence-electron chi connectivity index (χ3n) is 3.86. The highest BCUT2D eigenvalue weighted by molar-refractivity contribution is 6.31. The summed E-state index contributed by atoms with van der Waals surface area (Å²) >= 11 is 6.15. The number of nitrogens with one attached hydrogen (secondary N) is 1. The fourth-order valence-electron chi connectivity index (χ4n) is 2.59. The molecule has 0 bridgehead atoms. The van der Waals surface area contributed by atoms with Crippen LogP contribution in [0.1, 0.15) is 48.6 Å². The molecule has 0 radical (unpaired) electrons. The largest absolute Gasteiger partial charge is 0.348 e.